The molecule has 0 aliphatic rings. The van der Waals surface area contributed by atoms with E-state index in [1.54, 1.807) is 0 Å². The molecule has 0 saturated carbocycles. The van der Waals surface area contributed by atoms with Crippen molar-refractivity contribution in [1.82, 2.24) is 0 Å². The summed E-state index contributed by atoms with van der Waals surface area (Å²) in [7, 11) is 0. The summed E-state index contributed by atoms with van der Waals surface area (Å²) in [5.74, 6) is -1.69. The SMILES string of the molecule is CCCCC(CC)CC(=O)C(F)(F)F. The largest absolute Gasteiger partial charge is 0.449 e. The average molecular weight is 210 g/mol. The van der Waals surface area contributed by atoms with Gasteiger partial charge >= 0.3 is 6.18 Å². The number of hydrogen-bond acceptors (Lipinski definition) is 1. The van der Waals surface area contributed by atoms with Gasteiger partial charge in [-0.15, -0.1) is 0 Å². The molecule has 1 unspecified atom stereocenters. The number of hydrogen-bond donors (Lipinski definition) is 0. The Morgan fingerprint density at radius 1 is 1.29 bits per heavy atom. The summed E-state index contributed by atoms with van der Waals surface area (Å²) >= 11 is 0. The number of alkyl halides is 3. The molecule has 0 fully saturated rings. The van der Waals surface area contributed by atoms with Gasteiger partial charge in [-0.05, 0) is 5.92 Å². The molecule has 0 aromatic rings. The molecule has 0 radical (unpaired) electrons. The van der Waals surface area contributed by atoms with E-state index in [1.165, 1.54) is 0 Å². The summed E-state index contributed by atoms with van der Waals surface area (Å²) in [4.78, 5) is 10.7. The molecule has 0 rings (SSSR count). The monoisotopic (exact) mass is 210 g/mol. The van der Waals surface area contributed by atoms with Gasteiger partial charge in [0.1, 0.15) is 0 Å². The summed E-state index contributed by atoms with van der Waals surface area (Å²) in [6.45, 7) is 3.81. The zero-order chi connectivity index (χ0) is 11.2. The van der Waals surface area contributed by atoms with E-state index in [9.17, 15) is 18.0 Å². The zero-order valence-corrected chi connectivity index (χ0v) is 8.66. The summed E-state index contributed by atoms with van der Waals surface area (Å²) in [5, 5.41) is 0. The van der Waals surface area contributed by atoms with Crippen LogP contribution in [0.15, 0.2) is 0 Å². The van der Waals surface area contributed by atoms with Crippen molar-refractivity contribution in [2.45, 2.75) is 52.1 Å². The maximum absolute atomic E-state index is 11.9. The first-order valence-electron chi connectivity index (χ1n) is 5.01. The first-order chi connectivity index (χ1) is 6.41. The number of halogens is 3. The number of rotatable bonds is 6. The molecule has 0 saturated heterocycles. The van der Waals surface area contributed by atoms with Gasteiger partial charge in [0.25, 0.3) is 0 Å². The minimum absolute atomic E-state index is 0.107. The molecule has 84 valence electrons. The molecule has 1 nitrogen and oxygen atoms in total. The smallest absolute Gasteiger partial charge is 0.290 e. The van der Waals surface area contributed by atoms with Gasteiger partial charge in [0.15, 0.2) is 0 Å². The molecule has 0 aliphatic heterocycles. The van der Waals surface area contributed by atoms with E-state index in [1.807, 2.05) is 13.8 Å². The molecule has 0 aromatic carbocycles. The Hall–Kier alpha value is -0.540. The Balaban J connectivity index is 3.99. The van der Waals surface area contributed by atoms with Crippen molar-refractivity contribution in [3.8, 4) is 0 Å². The van der Waals surface area contributed by atoms with Crippen molar-refractivity contribution in [3.63, 3.8) is 0 Å². The summed E-state index contributed by atoms with van der Waals surface area (Å²) in [6, 6.07) is 0. The predicted molar refractivity (Wildman–Crippen MR) is 49.0 cm³/mol. The molecular formula is C10H17F3O. The maximum atomic E-state index is 11.9. The quantitative estimate of drug-likeness (QED) is 0.653. The van der Waals surface area contributed by atoms with E-state index in [-0.39, 0.29) is 12.3 Å². The maximum Gasteiger partial charge on any atom is 0.449 e. The minimum Gasteiger partial charge on any atom is -0.290 e. The Bertz CT molecular complexity index is 175. The molecule has 0 amide bonds. The number of carbonyl (C=O) groups is 1. The molecular weight excluding hydrogens is 193 g/mol. The second-order valence-corrected chi connectivity index (χ2v) is 3.54. The van der Waals surface area contributed by atoms with E-state index in [0.717, 1.165) is 19.3 Å². The molecule has 0 heterocycles. The van der Waals surface area contributed by atoms with Crippen LogP contribution < -0.4 is 0 Å². The topological polar surface area (TPSA) is 17.1 Å². The van der Waals surface area contributed by atoms with E-state index >= 15 is 0 Å². The molecule has 0 spiro atoms. The van der Waals surface area contributed by atoms with Gasteiger partial charge in [-0.25, -0.2) is 0 Å². The molecule has 0 aromatic heterocycles. The lowest BCUT2D eigenvalue weighted by Gasteiger charge is -2.14. The van der Waals surface area contributed by atoms with Crippen molar-refractivity contribution >= 4 is 5.78 Å². The van der Waals surface area contributed by atoms with Crippen LogP contribution >= 0.6 is 0 Å². The molecule has 1 atom stereocenters. The van der Waals surface area contributed by atoms with Crippen LogP contribution in [0.2, 0.25) is 0 Å². The highest BCUT2D eigenvalue weighted by Gasteiger charge is 2.38. The predicted octanol–water partition coefficient (Wildman–Crippen LogP) is 3.72. The van der Waals surface area contributed by atoms with Gasteiger partial charge in [-0.1, -0.05) is 39.5 Å². The van der Waals surface area contributed by atoms with Crippen LogP contribution in [0.1, 0.15) is 46.0 Å². The highest BCUT2D eigenvalue weighted by Crippen LogP contribution is 2.24. The van der Waals surface area contributed by atoms with Crippen LogP contribution in [0.3, 0.4) is 0 Å². The van der Waals surface area contributed by atoms with Crippen LogP contribution in [-0.2, 0) is 4.79 Å². The highest BCUT2D eigenvalue weighted by molar-refractivity contribution is 5.84. The molecule has 14 heavy (non-hydrogen) atoms. The summed E-state index contributed by atoms with van der Waals surface area (Å²) in [6.07, 6.45) is -1.80. The van der Waals surface area contributed by atoms with Crippen molar-refractivity contribution in [1.29, 1.82) is 0 Å². The third kappa shape index (κ3) is 5.25. The van der Waals surface area contributed by atoms with Crippen molar-refractivity contribution in [2.75, 3.05) is 0 Å². The molecule has 4 heteroatoms. The van der Waals surface area contributed by atoms with Crippen LogP contribution in [0.25, 0.3) is 0 Å². The Kier molecular flexibility index (Phi) is 5.81. The lowest BCUT2D eigenvalue weighted by atomic mass is 9.94. The third-order valence-corrected chi connectivity index (χ3v) is 2.33. The van der Waals surface area contributed by atoms with Gasteiger partial charge in [-0.3, -0.25) is 4.79 Å². The second-order valence-electron chi connectivity index (χ2n) is 3.54. The average Bonchev–Trinajstić information content (AvgIpc) is 2.10. The normalized spacial score (nSPS) is 14.1. The van der Waals surface area contributed by atoms with Gasteiger partial charge < -0.3 is 0 Å². The van der Waals surface area contributed by atoms with Gasteiger partial charge in [-0.2, -0.15) is 13.2 Å². The van der Waals surface area contributed by atoms with E-state index in [0.29, 0.717) is 6.42 Å². The fraction of sp³-hybridized carbons (Fsp3) is 0.900. The van der Waals surface area contributed by atoms with Gasteiger partial charge in [0, 0.05) is 6.42 Å². The highest BCUT2D eigenvalue weighted by atomic mass is 19.4. The lowest BCUT2D eigenvalue weighted by molar-refractivity contribution is -0.172. The van der Waals surface area contributed by atoms with Crippen LogP contribution in [0.5, 0.6) is 0 Å². The number of ketones is 1. The number of unbranched alkanes of at least 4 members (excludes halogenated alkanes) is 1. The minimum atomic E-state index is -4.65. The van der Waals surface area contributed by atoms with Gasteiger partial charge in [0.05, 0.1) is 0 Å². The molecule has 0 aliphatic carbocycles. The first kappa shape index (κ1) is 13.5. The summed E-state index contributed by atoms with van der Waals surface area (Å²) in [5.41, 5.74) is 0. The number of Topliss-reactive ketones (excluding diaryl/α,β-unsaturated/α-hetero) is 1. The van der Waals surface area contributed by atoms with E-state index in [4.69, 9.17) is 0 Å². The van der Waals surface area contributed by atoms with Crippen molar-refractivity contribution in [2.24, 2.45) is 5.92 Å². The fourth-order valence-electron chi connectivity index (χ4n) is 1.32. The van der Waals surface area contributed by atoms with E-state index in [2.05, 4.69) is 0 Å². The molecule has 0 N–H and O–H groups in total. The van der Waals surface area contributed by atoms with Crippen LogP contribution in [0.4, 0.5) is 13.2 Å². The van der Waals surface area contributed by atoms with Crippen molar-refractivity contribution in [3.05, 3.63) is 0 Å². The Morgan fingerprint density at radius 2 is 1.86 bits per heavy atom. The Morgan fingerprint density at radius 3 is 2.21 bits per heavy atom. The molecule has 0 bridgehead atoms. The van der Waals surface area contributed by atoms with Crippen LogP contribution in [0, 0.1) is 5.92 Å². The summed E-state index contributed by atoms with van der Waals surface area (Å²) < 4.78 is 35.8. The standard InChI is InChI=1S/C10H17F3O/c1-3-5-6-8(4-2)7-9(14)10(11,12)13/h8H,3-7H2,1-2H3. The third-order valence-electron chi connectivity index (χ3n) is 2.33. The fourth-order valence-corrected chi connectivity index (χ4v) is 1.32. The van der Waals surface area contributed by atoms with Gasteiger partial charge in [0.2, 0.25) is 5.78 Å². The lowest BCUT2D eigenvalue weighted by Crippen LogP contribution is -2.25. The second kappa shape index (κ2) is 6.04. The zero-order valence-electron chi connectivity index (χ0n) is 8.66. The van der Waals surface area contributed by atoms with Crippen LogP contribution in [-0.4, -0.2) is 12.0 Å². The first-order valence-corrected chi connectivity index (χ1v) is 5.01. The van der Waals surface area contributed by atoms with Crippen molar-refractivity contribution < 1.29 is 18.0 Å². The van der Waals surface area contributed by atoms with E-state index < -0.39 is 12.0 Å². The number of carbonyl (C=O) groups excluding carboxylic acids is 1. The Labute approximate surface area is 82.7 Å².